The maximum atomic E-state index is 12.7. The van der Waals surface area contributed by atoms with Crippen molar-refractivity contribution in [2.24, 2.45) is 5.92 Å². The molecule has 1 amide bonds. The molecule has 2 rings (SSSR count). The second kappa shape index (κ2) is 6.87. The molecule has 3 nitrogen and oxygen atoms in total. The van der Waals surface area contributed by atoms with Crippen LogP contribution in [0.5, 0.6) is 5.75 Å². The maximum Gasteiger partial charge on any atom is 0.248 e. The molecule has 0 spiro atoms. The third-order valence-corrected chi connectivity index (χ3v) is 3.53. The van der Waals surface area contributed by atoms with Crippen LogP contribution in [0.3, 0.4) is 0 Å². The number of amides is 1. The van der Waals surface area contributed by atoms with Crippen molar-refractivity contribution < 1.29 is 18.3 Å². The number of halogens is 2. The molecule has 5 heteroatoms. The minimum atomic E-state index is -2.56. The lowest BCUT2D eigenvalue weighted by Crippen LogP contribution is -2.38. The van der Waals surface area contributed by atoms with Crippen LogP contribution in [0.25, 0.3) is 0 Å². The number of carbonyl (C=O) groups is 1. The molecule has 1 fully saturated rings. The van der Waals surface area contributed by atoms with Crippen LogP contribution in [0.2, 0.25) is 0 Å². The van der Waals surface area contributed by atoms with Crippen LogP contribution in [0.4, 0.5) is 8.78 Å². The lowest BCUT2D eigenvalue weighted by molar-refractivity contribution is -0.133. The number of hydrogen-bond acceptors (Lipinski definition) is 2. The lowest BCUT2D eigenvalue weighted by Gasteiger charge is -2.34. The summed E-state index contributed by atoms with van der Waals surface area (Å²) in [6.45, 7) is 3.14. The number of hydrogen-bond donors (Lipinski definition) is 1. The Morgan fingerprint density at radius 1 is 1.33 bits per heavy atom. The molecule has 1 aromatic rings. The Balaban J connectivity index is 1.69. The smallest absolute Gasteiger partial charge is 0.248 e. The third kappa shape index (κ3) is 4.99. The van der Waals surface area contributed by atoms with Crippen LogP contribution >= 0.6 is 0 Å². The molecule has 1 aromatic carbocycles. The van der Waals surface area contributed by atoms with Gasteiger partial charge in [-0.25, -0.2) is 8.78 Å². The molecule has 1 N–H and O–H groups in total. The average Bonchev–Trinajstić information content (AvgIpc) is 2.42. The molecule has 1 saturated carbocycles. The van der Waals surface area contributed by atoms with Crippen molar-refractivity contribution in [3.05, 3.63) is 29.8 Å². The fourth-order valence-corrected chi connectivity index (χ4v) is 2.39. The quantitative estimate of drug-likeness (QED) is 0.836. The van der Waals surface area contributed by atoms with E-state index in [0.29, 0.717) is 13.2 Å². The molecule has 0 atom stereocenters. The van der Waals surface area contributed by atoms with Crippen LogP contribution in [0.1, 0.15) is 38.2 Å². The van der Waals surface area contributed by atoms with E-state index >= 15 is 0 Å². The summed E-state index contributed by atoms with van der Waals surface area (Å²) in [5.74, 6) is -2.09. The molecule has 0 unspecified atom stereocenters. The minimum Gasteiger partial charge on any atom is -0.494 e. The van der Waals surface area contributed by atoms with E-state index in [4.69, 9.17) is 4.74 Å². The molecule has 21 heavy (non-hydrogen) atoms. The Hall–Kier alpha value is -1.65. The van der Waals surface area contributed by atoms with Crippen LogP contribution in [-0.4, -0.2) is 18.4 Å². The first-order valence-corrected chi connectivity index (χ1v) is 7.35. The second-order valence-electron chi connectivity index (χ2n) is 5.60. The van der Waals surface area contributed by atoms with Crippen molar-refractivity contribution in [3.63, 3.8) is 0 Å². The van der Waals surface area contributed by atoms with Gasteiger partial charge in [-0.05, 0) is 30.0 Å². The highest BCUT2D eigenvalue weighted by Gasteiger charge is 2.45. The first-order valence-electron chi connectivity index (χ1n) is 7.35. The SMILES string of the molecule is CCCOc1ccc(CNC(=O)CC2CC(F)(F)C2)cc1. The molecule has 0 heterocycles. The predicted octanol–water partition coefficient (Wildman–Crippen LogP) is 3.53. The number of nitrogens with one attached hydrogen (secondary N) is 1. The summed E-state index contributed by atoms with van der Waals surface area (Å²) in [6, 6.07) is 7.51. The second-order valence-corrected chi connectivity index (χ2v) is 5.60. The fourth-order valence-electron chi connectivity index (χ4n) is 2.39. The van der Waals surface area contributed by atoms with Crippen LogP contribution in [0, 0.1) is 5.92 Å². The maximum absolute atomic E-state index is 12.7. The molecule has 0 aliphatic heterocycles. The fraction of sp³-hybridized carbons (Fsp3) is 0.562. The Morgan fingerprint density at radius 3 is 2.57 bits per heavy atom. The minimum absolute atomic E-state index is 0.163. The van der Waals surface area contributed by atoms with E-state index < -0.39 is 5.92 Å². The number of carbonyl (C=O) groups excluding carboxylic acids is 1. The summed E-state index contributed by atoms with van der Waals surface area (Å²) >= 11 is 0. The Labute approximate surface area is 123 Å². The van der Waals surface area contributed by atoms with Gasteiger partial charge in [0.25, 0.3) is 0 Å². The molecule has 0 saturated heterocycles. The lowest BCUT2D eigenvalue weighted by atomic mass is 9.79. The van der Waals surface area contributed by atoms with E-state index in [2.05, 4.69) is 5.32 Å². The van der Waals surface area contributed by atoms with Gasteiger partial charge in [0.05, 0.1) is 6.61 Å². The van der Waals surface area contributed by atoms with E-state index in [1.165, 1.54) is 0 Å². The standard InChI is InChI=1S/C16H21F2NO2/c1-2-7-21-14-5-3-12(4-6-14)11-19-15(20)8-13-9-16(17,18)10-13/h3-6,13H,2,7-11H2,1H3,(H,19,20). The normalized spacial score (nSPS) is 17.1. The summed E-state index contributed by atoms with van der Waals surface area (Å²) in [6.07, 6.45) is 0.819. The zero-order valence-corrected chi connectivity index (χ0v) is 12.2. The summed E-state index contributed by atoms with van der Waals surface area (Å²) < 4.78 is 30.8. The topological polar surface area (TPSA) is 38.3 Å². The van der Waals surface area contributed by atoms with Crippen LogP contribution < -0.4 is 10.1 Å². The van der Waals surface area contributed by atoms with E-state index in [-0.39, 0.29) is 31.1 Å². The van der Waals surface area contributed by atoms with Crippen molar-refractivity contribution in [3.8, 4) is 5.75 Å². The molecule has 0 radical (unpaired) electrons. The van der Waals surface area contributed by atoms with Gasteiger partial charge in [-0.1, -0.05) is 19.1 Å². The average molecular weight is 297 g/mol. The summed E-state index contributed by atoms with van der Waals surface area (Å²) in [7, 11) is 0. The van der Waals surface area contributed by atoms with Gasteiger partial charge < -0.3 is 10.1 Å². The molecule has 0 aromatic heterocycles. The van der Waals surface area contributed by atoms with E-state index in [0.717, 1.165) is 17.7 Å². The molecular weight excluding hydrogens is 276 g/mol. The largest absolute Gasteiger partial charge is 0.494 e. The van der Waals surface area contributed by atoms with Crippen molar-refractivity contribution in [2.75, 3.05) is 6.61 Å². The molecule has 116 valence electrons. The van der Waals surface area contributed by atoms with Crippen molar-refractivity contribution in [1.29, 1.82) is 0 Å². The van der Waals surface area contributed by atoms with E-state index in [1.807, 2.05) is 31.2 Å². The van der Waals surface area contributed by atoms with Gasteiger partial charge in [-0.2, -0.15) is 0 Å². The van der Waals surface area contributed by atoms with Crippen LogP contribution in [0.15, 0.2) is 24.3 Å². The highest BCUT2D eigenvalue weighted by molar-refractivity contribution is 5.76. The zero-order chi connectivity index (χ0) is 15.3. The van der Waals surface area contributed by atoms with Gasteiger partial charge in [0.2, 0.25) is 11.8 Å². The van der Waals surface area contributed by atoms with Gasteiger partial charge in [0.15, 0.2) is 0 Å². The number of benzene rings is 1. The number of ether oxygens (including phenoxy) is 1. The number of alkyl halides is 2. The monoisotopic (exact) mass is 297 g/mol. The molecular formula is C16H21F2NO2. The predicted molar refractivity (Wildman–Crippen MR) is 76.4 cm³/mol. The molecule has 1 aliphatic rings. The zero-order valence-electron chi connectivity index (χ0n) is 12.2. The first kappa shape index (κ1) is 15.7. The Kier molecular flexibility index (Phi) is 5.15. The number of rotatable bonds is 7. The highest BCUT2D eigenvalue weighted by Crippen LogP contribution is 2.43. The Bertz CT molecular complexity index is 466. The van der Waals surface area contributed by atoms with Gasteiger partial charge >= 0.3 is 0 Å². The Morgan fingerprint density at radius 2 is 2.00 bits per heavy atom. The molecule has 0 bridgehead atoms. The van der Waals surface area contributed by atoms with E-state index in [9.17, 15) is 13.6 Å². The van der Waals surface area contributed by atoms with E-state index in [1.54, 1.807) is 0 Å². The van der Waals surface area contributed by atoms with Crippen molar-refractivity contribution >= 4 is 5.91 Å². The van der Waals surface area contributed by atoms with Gasteiger partial charge in [-0.3, -0.25) is 4.79 Å². The van der Waals surface area contributed by atoms with Gasteiger partial charge in [0, 0.05) is 25.8 Å². The molecule has 1 aliphatic carbocycles. The summed E-state index contributed by atoms with van der Waals surface area (Å²) in [5.41, 5.74) is 0.964. The van der Waals surface area contributed by atoms with Gasteiger partial charge in [0.1, 0.15) is 5.75 Å². The van der Waals surface area contributed by atoms with Crippen molar-refractivity contribution in [2.45, 2.75) is 45.1 Å². The third-order valence-electron chi connectivity index (χ3n) is 3.53. The highest BCUT2D eigenvalue weighted by atomic mass is 19.3. The van der Waals surface area contributed by atoms with Gasteiger partial charge in [-0.15, -0.1) is 0 Å². The summed E-state index contributed by atoms with van der Waals surface area (Å²) in [5, 5.41) is 2.76. The first-order chi connectivity index (χ1) is 9.98. The van der Waals surface area contributed by atoms with Crippen molar-refractivity contribution in [1.82, 2.24) is 5.32 Å². The van der Waals surface area contributed by atoms with Crippen LogP contribution in [-0.2, 0) is 11.3 Å². The summed E-state index contributed by atoms with van der Waals surface area (Å²) in [4.78, 5) is 11.7.